The molecule has 0 unspecified atom stereocenters. The first kappa shape index (κ1) is 23.5. The molecular formula is C20H28N4O5S2. The number of hydrogen-bond donors (Lipinski definition) is 2. The first-order valence-corrected chi connectivity index (χ1v) is 13.0. The maximum absolute atomic E-state index is 12.4. The fourth-order valence-corrected chi connectivity index (χ4v) is 5.27. The highest BCUT2D eigenvalue weighted by molar-refractivity contribution is 7.90. The molecule has 9 nitrogen and oxygen atoms in total. The molecule has 1 aliphatic rings. The van der Waals surface area contributed by atoms with Crippen molar-refractivity contribution in [1.82, 2.24) is 9.62 Å². The standard InChI is InChI=1S/C20H28N4O5S2/c1-29-20-9-3-2-8-19(20)24-14-12-23(13-15-24)11-5-10-22-31(27,28)18-7-4-6-17(16-18)30(21,25)26/h2-4,6-9,16,22H,5,10-15H2,1H3,(H2,21,25,26). The molecule has 1 aliphatic heterocycles. The predicted molar refractivity (Wildman–Crippen MR) is 119 cm³/mol. The van der Waals surface area contributed by atoms with Crippen molar-refractivity contribution in [2.24, 2.45) is 5.14 Å². The lowest BCUT2D eigenvalue weighted by Gasteiger charge is -2.36. The molecule has 11 heteroatoms. The SMILES string of the molecule is COc1ccccc1N1CCN(CCCNS(=O)(=O)c2cccc(S(N)(=O)=O)c2)CC1. The van der Waals surface area contributed by atoms with E-state index in [1.807, 2.05) is 24.3 Å². The molecule has 170 valence electrons. The zero-order valence-electron chi connectivity index (χ0n) is 17.4. The monoisotopic (exact) mass is 468 g/mol. The van der Waals surface area contributed by atoms with E-state index in [1.54, 1.807) is 7.11 Å². The van der Waals surface area contributed by atoms with Crippen LogP contribution < -0.4 is 19.5 Å². The van der Waals surface area contributed by atoms with Gasteiger partial charge in [-0.15, -0.1) is 0 Å². The number of anilines is 1. The largest absolute Gasteiger partial charge is 0.495 e. The molecule has 3 rings (SSSR count). The van der Waals surface area contributed by atoms with E-state index in [1.165, 1.54) is 18.2 Å². The minimum Gasteiger partial charge on any atom is -0.495 e. The number of para-hydroxylation sites is 2. The number of methoxy groups -OCH3 is 1. The van der Waals surface area contributed by atoms with Crippen molar-refractivity contribution in [2.45, 2.75) is 16.2 Å². The number of sulfonamides is 2. The lowest BCUT2D eigenvalue weighted by molar-refractivity contribution is 0.254. The van der Waals surface area contributed by atoms with Gasteiger partial charge in [0.25, 0.3) is 0 Å². The molecule has 0 radical (unpaired) electrons. The summed E-state index contributed by atoms with van der Waals surface area (Å²) in [5, 5.41) is 5.08. The van der Waals surface area contributed by atoms with Gasteiger partial charge in [0.05, 0.1) is 22.6 Å². The second-order valence-corrected chi connectivity index (χ2v) is 10.6. The van der Waals surface area contributed by atoms with E-state index in [9.17, 15) is 16.8 Å². The normalized spacial score (nSPS) is 15.7. The van der Waals surface area contributed by atoms with Crippen molar-refractivity contribution in [3.8, 4) is 5.75 Å². The Kier molecular flexibility index (Phi) is 7.55. The van der Waals surface area contributed by atoms with Crippen LogP contribution in [0.3, 0.4) is 0 Å². The predicted octanol–water partition coefficient (Wildman–Crippen LogP) is 0.833. The Balaban J connectivity index is 1.46. The van der Waals surface area contributed by atoms with Crippen molar-refractivity contribution >= 4 is 25.7 Å². The molecule has 2 aromatic rings. The van der Waals surface area contributed by atoms with E-state index in [4.69, 9.17) is 9.88 Å². The summed E-state index contributed by atoms with van der Waals surface area (Å²) in [6.07, 6.45) is 0.642. The van der Waals surface area contributed by atoms with E-state index < -0.39 is 20.0 Å². The Morgan fingerprint density at radius 1 is 0.968 bits per heavy atom. The average molecular weight is 469 g/mol. The van der Waals surface area contributed by atoms with E-state index in [2.05, 4.69) is 14.5 Å². The van der Waals surface area contributed by atoms with Crippen LogP contribution in [0, 0.1) is 0 Å². The minimum atomic E-state index is -3.97. The molecule has 0 bridgehead atoms. The van der Waals surface area contributed by atoms with Crippen LogP contribution in [-0.4, -0.2) is 68.1 Å². The maximum Gasteiger partial charge on any atom is 0.240 e. The van der Waals surface area contributed by atoms with Crippen LogP contribution in [0.4, 0.5) is 5.69 Å². The molecule has 0 aromatic heterocycles. The Morgan fingerprint density at radius 3 is 2.32 bits per heavy atom. The third-order valence-corrected chi connectivity index (χ3v) is 7.56. The number of nitrogens with two attached hydrogens (primary N) is 1. The van der Waals surface area contributed by atoms with Crippen LogP contribution in [0.25, 0.3) is 0 Å². The van der Waals surface area contributed by atoms with Gasteiger partial charge in [-0.3, -0.25) is 4.90 Å². The minimum absolute atomic E-state index is 0.121. The molecule has 0 aliphatic carbocycles. The molecular weight excluding hydrogens is 440 g/mol. The molecule has 3 N–H and O–H groups in total. The van der Waals surface area contributed by atoms with Crippen LogP contribution >= 0.6 is 0 Å². The number of benzene rings is 2. The third-order valence-electron chi connectivity index (χ3n) is 5.19. The summed E-state index contributed by atoms with van der Waals surface area (Å²) in [5.74, 6) is 0.858. The number of nitrogens with zero attached hydrogens (tertiary/aromatic N) is 2. The molecule has 1 fully saturated rings. The second-order valence-electron chi connectivity index (χ2n) is 7.27. The van der Waals surface area contributed by atoms with Gasteiger partial charge in [-0.25, -0.2) is 26.7 Å². The summed E-state index contributed by atoms with van der Waals surface area (Å²) in [4.78, 5) is 4.23. The zero-order valence-corrected chi connectivity index (χ0v) is 19.0. The molecule has 0 amide bonds. The van der Waals surface area contributed by atoms with Crippen LogP contribution in [-0.2, 0) is 20.0 Å². The topological polar surface area (TPSA) is 122 Å². The van der Waals surface area contributed by atoms with Crippen molar-refractivity contribution in [3.05, 3.63) is 48.5 Å². The van der Waals surface area contributed by atoms with Crippen LogP contribution in [0.15, 0.2) is 58.3 Å². The number of hydrogen-bond acceptors (Lipinski definition) is 7. The zero-order chi connectivity index (χ0) is 22.5. The summed E-state index contributed by atoms with van der Waals surface area (Å²) in [7, 11) is -6.11. The van der Waals surface area contributed by atoms with Gasteiger partial charge < -0.3 is 9.64 Å². The average Bonchev–Trinajstić information content (AvgIpc) is 2.76. The number of rotatable bonds is 9. The van der Waals surface area contributed by atoms with Gasteiger partial charge in [0, 0.05) is 32.7 Å². The molecule has 0 atom stereocenters. The quantitative estimate of drug-likeness (QED) is 0.523. The number of primary sulfonamides is 1. The third kappa shape index (κ3) is 6.17. The maximum atomic E-state index is 12.4. The number of ether oxygens (including phenoxy) is 1. The van der Waals surface area contributed by atoms with E-state index in [-0.39, 0.29) is 16.3 Å². The molecule has 2 aromatic carbocycles. The van der Waals surface area contributed by atoms with Crippen LogP contribution in [0.2, 0.25) is 0 Å². The van der Waals surface area contributed by atoms with Gasteiger partial charge in [-0.1, -0.05) is 18.2 Å². The van der Waals surface area contributed by atoms with E-state index in [0.29, 0.717) is 6.42 Å². The highest BCUT2D eigenvalue weighted by Gasteiger charge is 2.20. The Morgan fingerprint density at radius 2 is 1.65 bits per heavy atom. The summed E-state index contributed by atoms with van der Waals surface area (Å²) in [6.45, 7) is 4.51. The van der Waals surface area contributed by atoms with Crippen LogP contribution in [0.5, 0.6) is 5.75 Å². The molecule has 1 heterocycles. The van der Waals surface area contributed by atoms with Gasteiger partial charge in [0.15, 0.2) is 0 Å². The molecule has 1 saturated heterocycles. The van der Waals surface area contributed by atoms with E-state index >= 15 is 0 Å². The smallest absolute Gasteiger partial charge is 0.240 e. The fourth-order valence-electron chi connectivity index (χ4n) is 3.51. The number of piperazine rings is 1. The Bertz CT molecular complexity index is 1100. The van der Waals surface area contributed by atoms with Gasteiger partial charge in [-0.05, 0) is 43.3 Å². The van der Waals surface area contributed by atoms with Crippen LogP contribution in [0.1, 0.15) is 6.42 Å². The lowest BCUT2D eigenvalue weighted by atomic mass is 10.2. The second kappa shape index (κ2) is 9.96. The lowest BCUT2D eigenvalue weighted by Crippen LogP contribution is -2.47. The summed E-state index contributed by atoms with van der Waals surface area (Å²) in [5.41, 5.74) is 1.08. The van der Waals surface area contributed by atoms with Crippen molar-refractivity contribution in [1.29, 1.82) is 0 Å². The van der Waals surface area contributed by atoms with Gasteiger partial charge >= 0.3 is 0 Å². The summed E-state index contributed by atoms with van der Waals surface area (Å²) >= 11 is 0. The van der Waals surface area contributed by atoms with Crippen molar-refractivity contribution in [3.63, 3.8) is 0 Å². The van der Waals surface area contributed by atoms with Gasteiger partial charge in [0.2, 0.25) is 20.0 Å². The van der Waals surface area contributed by atoms with Gasteiger partial charge in [0.1, 0.15) is 5.75 Å². The first-order chi connectivity index (χ1) is 14.7. The highest BCUT2D eigenvalue weighted by atomic mass is 32.2. The molecule has 0 spiro atoms. The Labute approximate surface area is 183 Å². The molecule has 0 saturated carbocycles. The van der Waals surface area contributed by atoms with Crippen molar-refractivity contribution < 1.29 is 21.6 Å². The first-order valence-electron chi connectivity index (χ1n) is 9.93. The highest BCUT2D eigenvalue weighted by Crippen LogP contribution is 2.28. The summed E-state index contributed by atoms with van der Waals surface area (Å²) < 4.78 is 55.7. The Hall–Kier alpha value is -2.18. The number of nitrogens with one attached hydrogen (secondary N) is 1. The fraction of sp³-hybridized carbons (Fsp3) is 0.400. The summed E-state index contributed by atoms with van der Waals surface area (Å²) in [6, 6.07) is 13.0. The van der Waals surface area contributed by atoms with E-state index in [0.717, 1.165) is 50.2 Å². The molecule has 31 heavy (non-hydrogen) atoms. The van der Waals surface area contributed by atoms with Crippen molar-refractivity contribution in [2.75, 3.05) is 51.3 Å². The van der Waals surface area contributed by atoms with Gasteiger partial charge in [-0.2, -0.15) is 0 Å².